The summed E-state index contributed by atoms with van der Waals surface area (Å²) in [5, 5.41) is 3.47. The molecule has 0 aliphatic rings. The van der Waals surface area contributed by atoms with Gasteiger partial charge in [-0.25, -0.2) is 13.5 Å². The second kappa shape index (κ2) is 3.46. The third kappa shape index (κ3) is 1.90. The topological polar surface area (TPSA) is 27.1 Å². The maximum Gasteiger partial charge on any atom is 0.272 e. The first kappa shape index (κ1) is 8.89. The molecule has 1 aromatic heterocycles. The highest BCUT2D eigenvalue weighted by atomic mass is 19.3. The van der Waals surface area contributed by atoms with Crippen molar-refractivity contribution in [2.75, 3.05) is 6.61 Å². The first-order valence-electron chi connectivity index (χ1n) is 3.19. The van der Waals surface area contributed by atoms with Gasteiger partial charge in [0.2, 0.25) is 11.7 Å². The van der Waals surface area contributed by atoms with Crippen molar-refractivity contribution in [2.45, 2.75) is 6.43 Å². The number of aromatic nitrogens is 2. The fourth-order valence-corrected chi connectivity index (χ4v) is 0.704. The first-order chi connectivity index (χ1) is 5.61. The van der Waals surface area contributed by atoms with Crippen LogP contribution < -0.4 is 4.74 Å². The second-order valence-corrected chi connectivity index (χ2v) is 2.12. The van der Waals surface area contributed by atoms with Crippen molar-refractivity contribution in [3.8, 4) is 5.88 Å². The Morgan fingerprint density at radius 2 is 2.33 bits per heavy atom. The summed E-state index contributed by atoms with van der Waals surface area (Å²) in [4.78, 5) is 0. The van der Waals surface area contributed by atoms with Crippen LogP contribution in [0.15, 0.2) is 6.20 Å². The van der Waals surface area contributed by atoms with E-state index in [0.29, 0.717) is 0 Å². The summed E-state index contributed by atoms with van der Waals surface area (Å²) in [5.74, 6) is -1.01. The van der Waals surface area contributed by atoms with Crippen molar-refractivity contribution in [3.05, 3.63) is 12.0 Å². The van der Waals surface area contributed by atoms with Crippen LogP contribution in [-0.2, 0) is 7.05 Å². The summed E-state index contributed by atoms with van der Waals surface area (Å²) in [6.45, 7) is -0.823. The minimum atomic E-state index is -2.61. The average molecular weight is 180 g/mol. The van der Waals surface area contributed by atoms with Crippen molar-refractivity contribution in [1.29, 1.82) is 0 Å². The fraction of sp³-hybridized carbons (Fsp3) is 0.500. The zero-order valence-electron chi connectivity index (χ0n) is 6.30. The minimum absolute atomic E-state index is 0.268. The van der Waals surface area contributed by atoms with Crippen molar-refractivity contribution in [3.63, 3.8) is 0 Å². The molecule has 0 spiro atoms. The van der Waals surface area contributed by atoms with Gasteiger partial charge in [0.25, 0.3) is 6.43 Å². The van der Waals surface area contributed by atoms with Gasteiger partial charge < -0.3 is 4.74 Å². The number of hydrogen-bond donors (Lipinski definition) is 0. The summed E-state index contributed by atoms with van der Waals surface area (Å²) in [6, 6.07) is 0. The van der Waals surface area contributed by atoms with E-state index in [-0.39, 0.29) is 5.88 Å². The lowest BCUT2D eigenvalue weighted by molar-refractivity contribution is 0.0753. The number of halogens is 3. The van der Waals surface area contributed by atoms with Crippen LogP contribution in [0.2, 0.25) is 0 Å². The van der Waals surface area contributed by atoms with Crippen LogP contribution in [0.25, 0.3) is 0 Å². The standard InChI is InChI=1S/C6H7F3N2O/c1-11-6(4(7)2-10-11)12-3-5(8)9/h2,5H,3H2,1H3. The lowest BCUT2D eigenvalue weighted by Gasteiger charge is -2.04. The molecule has 0 N–H and O–H groups in total. The third-order valence-corrected chi connectivity index (χ3v) is 1.19. The van der Waals surface area contributed by atoms with Crippen LogP contribution in [-0.4, -0.2) is 22.8 Å². The Bertz CT molecular complexity index is 242. The molecule has 0 aromatic carbocycles. The van der Waals surface area contributed by atoms with Crippen LogP contribution in [0.1, 0.15) is 0 Å². The number of rotatable bonds is 3. The molecule has 1 aromatic rings. The maximum atomic E-state index is 12.6. The second-order valence-electron chi connectivity index (χ2n) is 2.12. The van der Waals surface area contributed by atoms with E-state index in [0.717, 1.165) is 10.9 Å². The Balaban J connectivity index is 2.62. The van der Waals surface area contributed by atoms with E-state index < -0.39 is 18.8 Å². The predicted octanol–water partition coefficient (Wildman–Crippen LogP) is 1.20. The van der Waals surface area contributed by atoms with Gasteiger partial charge in [0.15, 0.2) is 6.61 Å². The molecule has 0 aliphatic carbocycles. The Hall–Kier alpha value is -1.20. The number of nitrogens with zero attached hydrogens (tertiary/aromatic N) is 2. The van der Waals surface area contributed by atoms with E-state index in [2.05, 4.69) is 9.84 Å². The Morgan fingerprint density at radius 3 is 2.75 bits per heavy atom. The normalized spacial score (nSPS) is 10.8. The highest BCUT2D eigenvalue weighted by molar-refractivity contribution is 5.10. The van der Waals surface area contributed by atoms with E-state index in [1.165, 1.54) is 7.05 Å². The largest absolute Gasteiger partial charge is 0.470 e. The van der Waals surface area contributed by atoms with Gasteiger partial charge in [-0.3, -0.25) is 0 Å². The molecule has 0 radical (unpaired) electrons. The smallest absolute Gasteiger partial charge is 0.272 e. The summed E-state index contributed by atoms with van der Waals surface area (Å²) >= 11 is 0. The molecule has 1 heterocycles. The highest BCUT2D eigenvalue weighted by Gasteiger charge is 2.11. The van der Waals surface area contributed by atoms with Gasteiger partial charge >= 0.3 is 0 Å². The summed E-state index contributed by atoms with van der Waals surface area (Å²) < 4.78 is 41.3. The summed E-state index contributed by atoms with van der Waals surface area (Å²) in [5.41, 5.74) is 0. The monoisotopic (exact) mass is 180 g/mol. The summed E-state index contributed by atoms with van der Waals surface area (Å²) in [6.07, 6.45) is -1.71. The molecule has 0 fully saturated rings. The molecule has 0 unspecified atom stereocenters. The quantitative estimate of drug-likeness (QED) is 0.698. The lowest BCUT2D eigenvalue weighted by atomic mass is 10.6. The van der Waals surface area contributed by atoms with Crippen LogP contribution in [0.4, 0.5) is 13.2 Å². The Labute approximate surface area is 66.7 Å². The van der Waals surface area contributed by atoms with E-state index in [1.54, 1.807) is 0 Å². The van der Waals surface area contributed by atoms with Crippen molar-refractivity contribution < 1.29 is 17.9 Å². The van der Waals surface area contributed by atoms with E-state index in [1.807, 2.05) is 0 Å². The Morgan fingerprint density at radius 1 is 1.67 bits per heavy atom. The molecule has 6 heteroatoms. The number of alkyl halides is 2. The SMILES string of the molecule is Cn1ncc(F)c1OCC(F)F. The van der Waals surface area contributed by atoms with Crippen LogP contribution in [0, 0.1) is 5.82 Å². The molecule has 0 bridgehead atoms. The third-order valence-electron chi connectivity index (χ3n) is 1.19. The van der Waals surface area contributed by atoms with Gasteiger partial charge in [-0.2, -0.15) is 9.49 Å². The van der Waals surface area contributed by atoms with Gasteiger partial charge in [-0.15, -0.1) is 0 Å². The number of hydrogen-bond acceptors (Lipinski definition) is 2. The molecule has 0 amide bonds. The van der Waals surface area contributed by atoms with E-state index >= 15 is 0 Å². The van der Waals surface area contributed by atoms with Gasteiger partial charge in [0.1, 0.15) is 0 Å². The van der Waals surface area contributed by atoms with Crippen LogP contribution >= 0.6 is 0 Å². The Kier molecular flexibility index (Phi) is 2.57. The molecular weight excluding hydrogens is 173 g/mol. The van der Waals surface area contributed by atoms with Crippen molar-refractivity contribution in [1.82, 2.24) is 9.78 Å². The molecule has 0 aliphatic heterocycles. The van der Waals surface area contributed by atoms with E-state index in [4.69, 9.17) is 0 Å². The zero-order chi connectivity index (χ0) is 9.14. The molecule has 1 rings (SSSR count). The minimum Gasteiger partial charge on any atom is -0.470 e. The van der Waals surface area contributed by atoms with E-state index in [9.17, 15) is 13.2 Å². The molecular formula is C6H7F3N2O. The predicted molar refractivity (Wildman–Crippen MR) is 34.7 cm³/mol. The molecule has 0 atom stereocenters. The van der Waals surface area contributed by atoms with Crippen LogP contribution in [0.3, 0.4) is 0 Å². The van der Waals surface area contributed by atoms with Gasteiger partial charge in [0, 0.05) is 7.05 Å². The summed E-state index contributed by atoms with van der Waals surface area (Å²) in [7, 11) is 1.41. The first-order valence-corrected chi connectivity index (χ1v) is 3.19. The lowest BCUT2D eigenvalue weighted by Crippen LogP contribution is -2.10. The highest BCUT2D eigenvalue weighted by Crippen LogP contribution is 2.14. The molecule has 68 valence electrons. The van der Waals surface area contributed by atoms with Gasteiger partial charge in [-0.05, 0) is 0 Å². The van der Waals surface area contributed by atoms with Crippen molar-refractivity contribution >= 4 is 0 Å². The maximum absolute atomic E-state index is 12.6. The number of aryl methyl sites for hydroxylation is 1. The zero-order valence-corrected chi connectivity index (χ0v) is 6.30. The molecule has 12 heavy (non-hydrogen) atoms. The van der Waals surface area contributed by atoms with Crippen molar-refractivity contribution in [2.24, 2.45) is 7.05 Å². The van der Waals surface area contributed by atoms with Crippen LogP contribution in [0.5, 0.6) is 5.88 Å². The van der Waals surface area contributed by atoms with Gasteiger partial charge in [-0.1, -0.05) is 0 Å². The molecule has 3 nitrogen and oxygen atoms in total. The molecule has 0 saturated heterocycles. The number of ether oxygens (including phenoxy) is 1. The average Bonchev–Trinajstić information content (AvgIpc) is 2.28. The fourth-order valence-electron chi connectivity index (χ4n) is 0.704. The van der Waals surface area contributed by atoms with Gasteiger partial charge in [0.05, 0.1) is 6.20 Å². The molecule has 0 saturated carbocycles.